The summed E-state index contributed by atoms with van der Waals surface area (Å²) in [7, 11) is 1.69. The summed E-state index contributed by atoms with van der Waals surface area (Å²) in [5.41, 5.74) is 2.58. The van der Waals surface area contributed by atoms with Crippen LogP contribution in [0.4, 0.5) is 0 Å². The Morgan fingerprint density at radius 3 is 2.38 bits per heavy atom. The van der Waals surface area contributed by atoms with Crippen molar-refractivity contribution in [2.24, 2.45) is 5.92 Å². The highest BCUT2D eigenvalue weighted by Gasteiger charge is 2.22. The fourth-order valence-corrected chi connectivity index (χ4v) is 3.41. The van der Waals surface area contributed by atoms with Crippen LogP contribution in [0.3, 0.4) is 0 Å². The predicted molar refractivity (Wildman–Crippen MR) is 99.7 cm³/mol. The molecule has 1 aliphatic heterocycles. The number of aliphatic carboxylic acids is 1. The summed E-state index contributed by atoms with van der Waals surface area (Å²) in [5.74, 6) is 1.21. The van der Waals surface area contributed by atoms with Gasteiger partial charge >= 0.3 is 5.97 Å². The molecule has 0 amide bonds. The van der Waals surface area contributed by atoms with E-state index >= 15 is 0 Å². The molecule has 1 saturated heterocycles. The molecule has 1 fully saturated rings. The average molecular weight is 355 g/mol. The number of carboxylic acid groups (broad SMARTS) is 1. The molecule has 2 aromatic carbocycles. The normalized spacial score (nSPS) is 17.2. The molecule has 0 radical (unpaired) electrons. The number of likely N-dealkylation sites (tertiary alicyclic amines) is 1. The van der Waals surface area contributed by atoms with Crippen LogP contribution in [-0.4, -0.2) is 42.8 Å². The summed E-state index contributed by atoms with van der Waals surface area (Å²) in [5, 5.41) is 8.64. The van der Waals surface area contributed by atoms with E-state index < -0.39 is 5.97 Å². The largest absolute Gasteiger partial charge is 0.497 e. The summed E-state index contributed by atoms with van der Waals surface area (Å²) in [6.07, 6.45) is 2.31. The van der Waals surface area contributed by atoms with Gasteiger partial charge in [-0.2, -0.15) is 0 Å². The van der Waals surface area contributed by atoms with Gasteiger partial charge in [-0.25, -0.2) is 4.79 Å². The quantitative estimate of drug-likeness (QED) is 0.788. The lowest BCUT2D eigenvalue weighted by Gasteiger charge is -2.16. The predicted octanol–water partition coefficient (Wildman–Crippen LogP) is 3.22. The van der Waals surface area contributed by atoms with E-state index in [1.54, 1.807) is 7.11 Å². The third-order valence-electron chi connectivity index (χ3n) is 4.75. The Labute approximate surface area is 154 Å². The minimum absolute atomic E-state index is 0.307. The maximum absolute atomic E-state index is 10.5. The van der Waals surface area contributed by atoms with Crippen LogP contribution in [0.2, 0.25) is 0 Å². The van der Waals surface area contributed by atoms with Gasteiger partial charge in [-0.15, -0.1) is 0 Å². The van der Waals surface area contributed by atoms with Gasteiger partial charge in [0.05, 0.1) is 7.11 Å². The van der Waals surface area contributed by atoms with Crippen LogP contribution in [0.15, 0.2) is 48.5 Å². The van der Waals surface area contributed by atoms with Gasteiger partial charge in [-0.1, -0.05) is 24.3 Å². The van der Waals surface area contributed by atoms with Crippen LogP contribution in [0, 0.1) is 5.92 Å². The first-order valence-electron chi connectivity index (χ1n) is 8.91. The lowest BCUT2D eigenvalue weighted by molar-refractivity contribution is -0.139. The van der Waals surface area contributed by atoms with E-state index in [2.05, 4.69) is 17.0 Å². The Hall–Kier alpha value is -2.53. The van der Waals surface area contributed by atoms with Crippen molar-refractivity contribution in [1.29, 1.82) is 0 Å². The van der Waals surface area contributed by atoms with Crippen LogP contribution in [0.5, 0.6) is 11.5 Å². The van der Waals surface area contributed by atoms with Crippen molar-refractivity contribution < 1.29 is 19.4 Å². The highest BCUT2D eigenvalue weighted by atomic mass is 16.5. The lowest BCUT2D eigenvalue weighted by atomic mass is 9.99. The molecule has 0 saturated carbocycles. The number of rotatable bonds is 8. The monoisotopic (exact) mass is 355 g/mol. The standard InChI is InChI=1S/C21H25NO4/c1-25-19-6-2-16(3-7-19)12-18-10-11-22(14-18)13-17-4-8-20(9-5-17)26-15-21(23)24/h2-9,18H,10-15H2,1H3,(H,23,24). The zero-order valence-electron chi connectivity index (χ0n) is 15.1. The van der Waals surface area contributed by atoms with E-state index in [0.29, 0.717) is 11.7 Å². The Morgan fingerprint density at radius 2 is 1.73 bits per heavy atom. The molecule has 2 aromatic rings. The molecule has 0 aromatic heterocycles. The molecule has 1 heterocycles. The molecule has 138 valence electrons. The van der Waals surface area contributed by atoms with E-state index in [-0.39, 0.29) is 6.61 Å². The van der Waals surface area contributed by atoms with Gasteiger partial charge < -0.3 is 14.6 Å². The van der Waals surface area contributed by atoms with E-state index in [1.165, 1.54) is 17.5 Å². The molecule has 1 aliphatic rings. The fraction of sp³-hybridized carbons (Fsp3) is 0.381. The van der Waals surface area contributed by atoms with Gasteiger partial charge in [0.15, 0.2) is 6.61 Å². The number of carboxylic acids is 1. The molecule has 26 heavy (non-hydrogen) atoms. The summed E-state index contributed by atoms with van der Waals surface area (Å²) in [6, 6.07) is 16.0. The van der Waals surface area contributed by atoms with E-state index in [1.807, 2.05) is 36.4 Å². The minimum Gasteiger partial charge on any atom is -0.497 e. The maximum atomic E-state index is 10.5. The van der Waals surface area contributed by atoms with Gasteiger partial charge in [-0.3, -0.25) is 4.90 Å². The third-order valence-corrected chi connectivity index (χ3v) is 4.75. The highest BCUT2D eigenvalue weighted by Crippen LogP contribution is 2.24. The Morgan fingerprint density at radius 1 is 1.08 bits per heavy atom. The highest BCUT2D eigenvalue weighted by molar-refractivity contribution is 5.68. The van der Waals surface area contributed by atoms with E-state index in [4.69, 9.17) is 14.6 Å². The van der Waals surface area contributed by atoms with Crippen LogP contribution >= 0.6 is 0 Å². The average Bonchev–Trinajstić information content (AvgIpc) is 3.08. The molecular formula is C21H25NO4. The Kier molecular flexibility index (Phi) is 6.12. The number of hydrogen-bond acceptors (Lipinski definition) is 4. The molecule has 5 heteroatoms. The van der Waals surface area contributed by atoms with Crippen molar-refractivity contribution in [1.82, 2.24) is 4.90 Å². The third kappa shape index (κ3) is 5.23. The maximum Gasteiger partial charge on any atom is 0.341 e. The molecular weight excluding hydrogens is 330 g/mol. The molecule has 0 aliphatic carbocycles. The molecule has 1 unspecified atom stereocenters. The van der Waals surface area contributed by atoms with Gasteiger partial charge in [0, 0.05) is 13.1 Å². The molecule has 5 nitrogen and oxygen atoms in total. The molecule has 0 spiro atoms. The number of benzene rings is 2. The Bertz CT molecular complexity index is 712. The van der Waals surface area contributed by atoms with Crippen LogP contribution < -0.4 is 9.47 Å². The number of nitrogens with zero attached hydrogens (tertiary/aromatic N) is 1. The van der Waals surface area contributed by atoms with Crippen LogP contribution in [0.1, 0.15) is 17.5 Å². The van der Waals surface area contributed by atoms with Crippen LogP contribution in [0.25, 0.3) is 0 Å². The Balaban J connectivity index is 1.47. The summed E-state index contributed by atoms with van der Waals surface area (Å²) < 4.78 is 10.4. The topological polar surface area (TPSA) is 59.0 Å². The SMILES string of the molecule is COc1ccc(CC2CCN(Cc3ccc(OCC(=O)O)cc3)C2)cc1. The molecule has 0 bridgehead atoms. The van der Waals surface area contributed by atoms with Crippen molar-refractivity contribution in [3.63, 3.8) is 0 Å². The van der Waals surface area contributed by atoms with E-state index in [0.717, 1.165) is 31.8 Å². The summed E-state index contributed by atoms with van der Waals surface area (Å²) in [4.78, 5) is 13.0. The first kappa shape index (κ1) is 18.3. The van der Waals surface area contributed by atoms with Crippen molar-refractivity contribution in [3.05, 3.63) is 59.7 Å². The van der Waals surface area contributed by atoms with Crippen LogP contribution in [-0.2, 0) is 17.8 Å². The fourth-order valence-electron chi connectivity index (χ4n) is 3.41. The minimum atomic E-state index is -0.964. The van der Waals surface area contributed by atoms with Gasteiger partial charge in [0.2, 0.25) is 0 Å². The summed E-state index contributed by atoms with van der Waals surface area (Å²) in [6.45, 7) is 2.82. The second-order valence-corrected chi connectivity index (χ2v) is 6.77. The molecule has 1 N–H and O–H groups in total. The second-order valence-electron chi connectivity index (χ2n) is 6.77. The molecule has 1 atom stereocenters. The number of hydrogen-bond donors (Lipinski definition) is 1. The zero-order valence-corrected chi connectivity index (χ0v) is 15.1. The van der Waals surface area contributed by atoms with Crippen molar-refractivity contribution in [2.45, 2.75) is 19.4 Å². The number of ether oxygens (including phenoxy) is 2. The smallest absolute Gasteiger partial charge is 0.341 e. The molecule has 3 rings (SSSR count). The summed E-state index contributed by atoms with van der Waals surface area (Å²) >= 11 is 0. The van der Waals surface area contributed by atoms with Crippen molar-refractivity contribution >= 4 is 5.97 Å². The van der Waals surface area contributed by atoms with Gasteiger partial charge in [0.1, 0.15) is 11.5 Å². The van der Waals surface area contributed by atoms with Gasteiger partial charge in [0.25, 0.3) is 0 Å². The van der Waals surface area contributed by atoms with E-state index in [9.17, 15) is 4.79 Å². The second kappa shape index (κ2) is 8.72. The van der Waals surface area contributed by atoms with Crippen molar-refractivity contribution in [2.75, 3.05) is 26.8 Å². The lowest BCUT2D eigenvalue weighted by Crippen LogP contribution is -2.20. The first-order chi connectivity index (χ1) is 12.6. The first-order valence-corrected chi connectivity index (χ1v) is 8.91. The zero-order chi connectivity index (χ0) is 18.4. The number of carbonyl (C=O) groups is 1. The van der Waals surface area contributed by atoms with Gasteiger partial charge in [-0.05, 0) is 60.7 Å². The van der Waals surface area contributed by atoms with Crippen molar-refractivity contribution in [3.8, 4) is 11.5 Å². The number of methoxy groups -OCH3 is 1.